The Labute approximate surface area is 192 Å². The number of hydrogen-bond acceptors (Lipinski definition) is 7. The molecule has 2 heterocycles. The number of nitrogens with zero attached hydrogens (tertiary/aromatic N) is 1. The summed E-state index contributed by atoms with van der Waals surface area (Å²) in [5, 5.41) is 2.68. The monoisotopic (exact) mass is 452 g/mol. The fourth-order valence-corrected chi connectivity index (χ4v) is 4.58. The molecule has 0 aliphatic carbocycles. The highest BCUT2D eigenvalue weighted by Gasteiger charge is 2.60. The Kier molecular flexibility index (Phi) is 6.60. The number of benzene rings is 2. The van der Waals surface area contributed by atoms with E-state index < -0.39 is 42.2 Å². The molecule has 0 radical (unpaired) electrons. The molecule has 8 heteroatoms. The minimum absolute atomic E-state index is 0.286. The second-order valence-corrected chi connectivity index (χ2v) is 8.64. The number of likely N-dealkylation sites (N-methyl/N-ethyl adjacent to an activating group) is 1. The van der Waals surface area contributed by atoms with Gasteiger partial charge in [-0.15, -0.1) is 0 Å². The van der Waals surface area contributed by atoms with Gasteiger partial charge in [-0.2, -0.15) is 0 Å². The molecule has 0 bridgehead atoms. The Bertz CT molecular complexity index is 996. The van der Waals surface area contributed by atoms with Crippen molar-refractivity contribution in [2.75, 3.05) is 7.05 Å². The number of rotatable bonds is 6. The second kappa shape index (κ2) is 9.43. The number of carbonyl (C=O) groups excluding carboxylic acids is 3. The molecular weight excluding hydrogens is 424 g/mol. The van der Waals surface area contributed by atoms with E-state index in [0.29, 0.717) is 11.8 Å². The van der Waals surface area contributed by atoms with Gasteiger partial charge in [0, 0.05) is 13.6 Å². The Morgan fingerprint density at radius 3 is 2.24 bits per heavy atom. The first kappa shape index (κ1) is 23.1. The van der Waals surface area contributed by atoms with Crippen LogP contribution in [0.2, 0.25) is 0 Å². The third-order valence-electron chi connectivity index (χ3n) is 5.99. The van der Waals surface area contributed by atoms with Crippen LogP contribution in [0.15, 0.2) is 60.7 Å². The van der Waals surface area contributed by atoms with Gasteiger partial charge in [-0.25, -0.2) is 4.79 Å². The molecule has 2 fully saturated rings. The Balaban J connectivity index is 1.74. The molecule has 0 aromatic heterocycles. The maximum atomic E-state index is 13.0. The summed E-state index contributed by atoms with van der Waals surface area (Å²) in [5.74, 6) is -1.89. The first-order valence-electron chi connectivity index (χ1n) is 10.9. The van der Waals surface area contributed by atoms with Crippen molar-refractivity contribution in [3.63, 3.8) is 0 Å². The third-order valence-corrected chi connectivity index (χ3v) is 5.99. The normalized spacial score (nSPS) is 28.5. The quantitative estimate of drug-likeness (QED) is 0.529. The fraction of sp³-hybridized carbons (Fsp3) is 0.400. The standard InChI is InChI=1S/C25H28N2O6/c1-25(2)32-21-19(23(29)26-3)27(14-16-10-6-4-7-11-16)18(15-28)20(22(21)33-25)31-24(30)17-12-8-5-9-13-17/h4-13,15,18-22H,14H2,1-3H3,(H,26,29)/t18-,19+,20-,21-,22+/m1/s1. The lowest BCUT2D eigenvalue weighted by Crippen LogP contribution is -2.69. The van der Waals surface area contributed by atoms with Gasteiger partial charge < -0.3 is 24.3 Å². The molecule has 8 nitrogen and oxygen atoms in total. The van der Waals surface area contributed by atoms with Crippen LogP contribution in [-0.2, 0) is 30.3 Å². The minimum Gasteiger partial charge on any atom is -0.454 e. The second-order valence-electron chi connectivity index (χ2n) is 8.64. The van der Waals surface area contributed by atoms with Crippen LogP contribution in [0.5, 0.6) is 0 Å². The molecule has 2 aromatic rings. The van der Waals surface area contributed by atoms with Crippen molar-refractivity contribution < 1.29 is 28.6 Å². The topological polar surface area (TPSA) is 94.2 Å². The van der Waals surface area contributed by atoms with Crippen molar-refractivity contribution >= 4 is 18.2 Å². The Hall–Kier alpha value is -3.07. The van der Waals surface area contributed by atoms with E-state index in [4.69, 9.17) is 14.2 Å². The first-order chi connectivity index (χ1) is 15.8. The van der Waals surface area contributed by atoms with Gasteiger partial charge in [-0.05, 0) is 31.5 Å². The zero-order chi connectivity index (χ0) is 23.6. The summed E-state index contributed by atoms with van der Waals surface area (Å²) in [5.41, 5.74) is 1.27. The van der Waals surface area contributed by atoms with E-state index in [-0.39, 0.29) is 12.5 Å². The lowest BCUT2D eigenvalue weighted by Gasteiger charge is -2.47. The number of amides is 1. The zero-order valence-corrected chi connectivity index (χ0v) is 18.8. The summed E-state index contributed by atoms with van der Waals surface area (Å²) in [6.45, 7) is 3.76. The van der Waals surface area contributed by atoms with Crippen LogP contribution < -0.4 is 5.32 Å². The molecule has 4 rings (SSSR count). The lowest BCUT2D eigenvalue weighted by atomic mass is 9.87. The number of nitrogens with one attached hydrogen (secondary N) is 1. The van der Waals surface area contributed by atoms with Gasteiger partial charge >= 0.3 is 5.97 Å². The molecule has 2 aliphatic heterocycles. The molecule has 174 valence electrons. The van der Waals surface area contributed by atoms with Crippen LogP contribution in [0.4, 0.5) is 0 Å². The number of hydrogen-bond donors (Lipinski definition) is 1. The van der Waals surface area contributed by atoms with E-state index in [9.17, 15) is 14.4 Å². The molecule has 5 atom stereocenters. The van der Waals surface area contributed by atoms with E-state index in [1.165, 1.54) is 7.05 Å². The van der Waals surface area contributed by atoms with Crippen molar-refractivity contribution in [2.45, 2.75) is 56.6 Å². The van der Waals surface area contributed by atoms with Gasteiger partial charge in [0.2, 0.25) is 5.91 Å². The zero-order valence-electron chi connectivity index (χ0n) is 18.8. The maximum absolute atomic E-state index is 13.0. The van der Waals surface area contributed by atoms with Gasteiger partial charge in [-0.3, -0.25) is 9.69 Å². The molecule has 33 heavy (non-hydrogen) atoms. The number of aldehydes is 1. The van der Waals surface area contributed by atoms with Gasteiger partial charge in [0.05, 0.1) is 5.56 Å². The van der Waals surface area contributed by atoms with E-state index in [0.717, 1.165) is 5.56 Å². The smallest absolute Gasteiger partial charge is 0.338 e. The SMILES string of the molecule is CNC(=O)[C@@H]1[C@H]2OC(C)(C)O[C@H]2[C@H](OC(=O)c2ccccc2)[C@@H](C=O)N1Cc1ccccc1. The highest BCUT2D eigenvalue weighted by atomic mass is 16.8. The van der Waals surface area contributed by atoms with Crippen molar-refractivity contribution in [3.8, 4) is 0 Å². The van der Waals surface area contributed by atoms with Crippen LogP contribution in [0, 0.1) is 0 Å². The number of carbonyl (C=O) groups is 3. The predicted molar refractivity (Wildman–Crippen MR) is 119 cm³/mol. The number of fused-ring (bicyclic) bond motifs is 1. The van der Waals surface area contributed by atoms with Crippen molar-refractivity contribution in [2.24, 2.45) is 0 Å². The average molecular weight is 453 g/mol. The molecule has 1 amide bonds. The van der Waals surface area contributed by atoms with Crippen molar-refractivity contribution in [1.29, 1.82) is 0 Å². The van der Waals surface area contributed by atoms with Gasteiger partial charge in [0.25, 0.3) is 0 Å². The molecule has 2 aromatic carbocycles. The summed E-state index contributed by atoms with van der Waals surface area (Å²) in [4.78, 5) is 40.1. The Morgan fingerprint density at radius 1 is 1.03 bits per heavy atom. The fourth-order valence-electron chi connectivity index (χ4n) is 4.58. The molecule has 0 unspecified atom stereocenters. The highest BCUT2D eigenvalue weighted by Crippen LogP contribution is 2.40. The minimum atomic E-state index is -1.02. The van der Waals surface area contributed by atoms with E-state index in [1.807, 2.05) is 30.3 Å². The third kappa shape index (κ3) is 4.68. The summed E-state index contributed by atoms with van der Waals surface area (Å²) in [7, 11) is 1.54. The predicted octanol–water partition coefficient (Wildman–Crippen LogP) is 1.93. The van der Waals surface area contributed by atoms with E-state index >= 15 is 0 Å². The molecule has 1 N–H and O–H groups in total. The Morgan fingerprint density at radius 2 is 1.64 bits per heavy atom. The molecule has 2 aliphatic rings. The number of piperidine rings is 1. The van der Waals surface area contributed by atoms with Crippen LogP contribution in [0.25, 0.3) is 0 Å². The van der Waals surface area contributed by atoms with Crippen LogP contribution in [0.3, 0.4) is 0 Å². The summed E-state index contributed by atoms with van der Waals surface area (Å²) >= 11 is 0. The maximum Gasteiger partial charge on any atom is 0.338 e. The van der Waals surface area contributed by atoms with Crippen LogP contribution >= 0.6 is 0 Å². The molecular formula is C25H28N2O6. The summed E-state index contributed by atoms with van der Waals surface area (Å²) in [6.07, 6.45) is -1.79. The number of ether oxygens (including phenoxy) is 3. The molecule has 2 saturated heterocycles. The highest BCUT2D eigenvalue weighted by molar-refractivity contribution is 5.90. The van der Waals surface area contributed by atoms with Crippen molar-refractivity contribution in [1.82, 2.24) is 10.2 Å². The first-order valence-corrected chi connectivity index (χ1v) is 10.9. The lowest BCUT2D eigenvalue weighted by molar-refractivity contribution is -0.156. The van der Waals surface area contributed by atoms with Crippen LogP contribution in [0.1, 0.15) is 29.8 Å². The van der Waals surface area contributed by atoms with Crippen molar-refractivity contribution in [3.05, 3.63) is 71.8 Å². The van der Waals surface area contributed by atoms with E-state index in [1.54, 1.807) is 49.1 Å². The van der Waals surface area contributed by atoms with Crippen LogP contribution in [-0.4, -0.2) is 66.3 Å². The van der Waals surface area contributed by atoms with E-state index in [2.05, 4.69) is 5.32 Å². The summed E-state index contributed by atoms with van der Waals surface area (Å²) < 4.78 is 18.1. The molecule has 0 saturated carbocycles. The number of esters is 1. The van der Waals surface area contributed by atoms with Gasteiger partial charge in [-0.1, -0.05) is 48.5 Å². The largest absolute Gasteiger partial charge is 0.454 e. The van der Waals surface area contributed by atoms with Gasteiger partial charge in [0.1, 0.15) is 30.6 Å². The van der Waals surface area contributed by atoms with Gasteiger partial charge in [0.15, 0.2) is 11.9 Å². The summed E-state index contributed by atoms with van der Waals surface area (Å²) in [6, 6.07) is 16.3. The number of likely N-dealkylation sites (tertiary alicyclic amines) is 1. The average Bonchev–Trinajstić information content (AvgIpc) is 3.14. The molecule has 0 spiro atoms.